The molecular formula is C13H12N2O3S. The van der Waals surface area contributed by atoms with Gasteiger partial charge in [-0.1, -0.05) is 17.1 Å². The highest BCUT2D eigenvalue weighted by atomic mass is 32.2. The molecule has 0 saturated carbocycles. The van der Waals surface area contributed by atoms with Crippen LogP contribution in [0, 0.1) is 19.3 Å². The van der Waals surface area contributed by atoms with Gasteiger partial charge in [0.25, 0.3) is 0 Å². The zero-order valence-electron chi connectivity index (χ0n) is 10.3. The Kier molecular flexibility index (Phi) is 3.58. The fourth-order valence-corrected chi connectivity index (χ4v) is 2.65. The summed E-state index contributed by atoms with van der Waals surface area (Å²) in [5.74, 6) is 2.77. The van der Waals surface area contributed by atoms with Crippen molar-refractivity contribution in [1.82, 2.24) is 5.16 Å². The van der Waals surface area contributed by atoms with E-state index in [0.29, 0.717) is 22.7 Å². The Morgan fingerprint density at radius 2 is 2.21 bits per heavy atom. The van der Waals surface area contributed by atoms with Crippen LogP contribution in [-0.4, -0.2) is 13.6 Å². The van der Waals surface area contributed by atoms with Crippen LogP contribution in [0.4, 0.5) is 5.69 Å². The van der Waals surface area contributed by atoms with Gasteiger partial charge in [-0.2, -0.15) is 0 Å². The molecule has 6 heteroatoms. The van der Waals surface area contributed by atoms with E-state index < -0.39 is 10.0 Å². The minimum absolute atomic E-state index is 0.245. The van der Waals surface area contributed by atoms with E-state index in [4.69, 9.17) is 10.9 Å². The maximum Gasteiger partial charge on any atom is 0.238 e. The van der Waals surface area contributed by atoms with Crippen LogP contribution in [0.25, 0.3) is 0 Å². The van der Waals surface area contributed by atoms with Crippen LogP contribution in [0.5, 0.6) is 0 Å². The molecule has 0 unspecified atom stereocenters. The van der Waals surface area contributed by atoms with Crippen molar-refractivity contribution in [1.29, 1.82) is 0 Å². The highest BCUT2D eigenvalue weighted by molar-refractivity contribution is 7.91. The molecule has 0 aliphatic heterocycles. The Labute approximate surface area is 111 Å². The van der Waals surface area contributed by atoms with Gasteiger partial charge < -0.3 is 4.52 Å². The molecule has 0 bridgehead atoms. The summed E-state index contributed by atoms with van der Waals surface area (Å²) in [7, 11) is -3.54. The van der Waals surface area contributed by atoms with Crippen LogP contribution < -0.4 is 4.72 Å². The molecule has 0 saturated heterocycles. The van der Waals surface area contributed by atoms with Crippen molar-refractivity contribution >= 4 is 15.7 Å². The van der Waals surface area contributed by atoms with E-state index in [-0.39, 0.29) is 5.75 Å². The molecule has 1 heterocycles. The van der Waals surface area contributed by atoms with E-state index in [1.165, 1.54) is 0 Å². The van der Waals surface area contributed by atoms with E-state index in [1.54, 1.807) is 37.3 Å². The monoisotopic (exact) mass is 276 g/mol. The number of hydrogen-bond acceptors (Lipinski definition) is 4. The topological polar surface area (TPSA) is 72.2 Å². The number of terminal acetylenes is 1. The summed E-state index contributed by atoms with van der Waals surface area (Å²) in [5, 5.41) is 3.65. The average molecular weight is 276 g/mol. The second-order valence-corrected chi connectivity index (χ2v) is 5.74. The Morgan fingerprint density at radius 3 is 2.84 bits per heavy atom. The van der Waals surface area contributed by atoms with Crippen molar-refractivity contribution in [3.05, 3.63) is 47.3 Å². The lowest BCUT2D eigenvalue weighted by Crippen LogP contribution is -2.15. The number of anilines is 1. The maximum atomic E-state index is 11.9. The van der Waals surface area contributed by atoms with Crippen molar-refractivity contribution < 1.29 is 12.9 Å². The van der Waals surface area contributed by atoms with Gasteiger partial charge in [0.05, 0.1) is 0 Å². The van der Waals surface area contributed by atoms with Gasteiger partial charge in [-0.3, -0.25) is 4.72 Å². The van der Waals surface area contributed by atoms with Crippen molar-refractivity contribution in [2.45, 2.75) is 12.7 Å². The third-order valence-electron chi connectivity index (χ3n) is 2.32. The Bertz CT molecular complexity index is 726. The third kappa shape index (κ3) is 3.60. The summed E-state index contributed by atoms with van der Waals surface area (Å²) in [6.07, 6.45) is 5.26. The lowest BCUT2D eigenvalue weighted by Gasteiger charge is -2.06. The van der Waals surface area contributed by atoms with Crippen LogP contribution in [0.2, 0.25) is 0 Å². The van der Waals surface area contributed by atoms with Crippen molar-refractivity contribution in [3.8, 4) is 12.3 Å². The molecule has 2 aromatic rings. The summed E-state index contributed by atoms with van der Waals surface area (Å²) in [6.45, 7) is 1.70. The first-order valence-electron chi connectivity index (χ1n) is 5.48. The largest absolute Gasteiger partial charge is 0.361 e. The second-order valence-electron chi connectivity index (χ2n) is 4.02. The van der Waals surface area contributed by atoms with Crippen molar-refractivity contribution in [2.24, 2.45) is 0 Å². The summed E-state index contributed by atoms with van der Waals surface area (Å²) in [4.78, 5) is 0. The maximum absolute atomic E-state index is 11.9. The number of rotatable bonds is 4. The lowest BCUT2D eigenvalue weighted by atomic mass is 10.2. The van der Waals surface area contributed by atoms with Crippen molar-refractivity contribution in [3.63, 3.8) is 0 Å². The molecule has 1 aromatic carbocycles. The van der Waals surface area contributed by atoms with E-state index in [2.05, 4.69) is 15.8 Å². The number of aromatic nitrogens is 1. The standard InChI is InChI=1S/C13H12N2O3S/c1-3-11-5-4-6-12(8-11)15-19(16,17)9-13-7-10(2)18-14-13/h1,4-8,15H,9H2,2H3. The molecule has 0 aliphatic rings. The quantitative estimate of drug-likeness (QED) is 0.866. The van der Waals surface area contributed by atoms with Crippen LogP contribution in [0.3, 0.4) is 0 Å². The van der Waals surface area contributed by atoms with Gasteiger partial charge >= 0.3 is 0 Å². The molecule has 0 spiro atoms. The zero-order chi connectivity index (χ0) is 13.9. The summed E-state index contributed by atoms with van der Waals surface area (Å²) in [5.41, 5.74) is 1.39. The molecule has 0 radical (unpaired) electrons. The van der Waals surface area contributed by atoms with E-state index in [9.17, 15) is 8.42 Å². The molecule has 0 atom stereocenters. The van der Waals surface area contributed by atoms with Crippen molar-refractivity contribution in [2.75, 3.05) is 4.72 Å². The van der Waals surface area contributed by atoms with Gasteiger partial charge in [0.2, 0.25) is 10.0 Å². The van der Waals surface area contributed by atoms with Crippen LogP contribution >= 0.6 is 0 Å². The molecule has 2 rings (SSSR count). The molecule has 0 amide bonds. The normalized spacial score (nSPS) is 10.9. The smallest absolute Gasteiger partial charge is 0.238 e. The summed E-state index contributed by atoms with van der Waals surface area (Å²) < 4.78 is 31.1. The first-order chi connectivity index (χ1) is 8.98. The molecule has 5 nitrogen and oxygen atoms in total. The fourth-order valence-electron chi connectivity index (χ4n) is 1.57. The lowest BCUT2D eigenvalue weighted by molar-refractivity contribution is 0.392. The van der Waals surface area contributed by atoms with Gasteiger partial charge in [0.1, 0.15) is 17.2 Å². The number of nitrogens with zero attached hydrogens (tertiary/aromatic N) is 1. The Balaban J connectivity index is 2.15. The summed E-state index contributed by atoms with van der Waals surface area (Å²) in [6, 6.07) is 8.21. The first-order valence-corrected chi connectivity index (χ1v) is 7.13. The van der Waals surface area contributed by atoms with Gasteiger partial charge in [-0.25, -0.2) is 8.42 Å². The minimum atomic E-state index is -3.54. The van der Waals surface area contributed by atoms with Crippen LogP contribution in [0.1, 0.15) is 17.0 Å². The summed E-state index contributed by atoms with van der Waals surface area (Å²) >= 11 is 0. The SMILES string of the molecule is C#Cc1cccc(NS(=O)(=O)Cc2cc(C)on2)c1. The molecule has 0 fully saturated rings. The molecule has 19 heavy (non-hydrogen) atoms. The van der Waals surface area contributed by atoms with Crippen LogP contribution in [0.15, 0.2) is 34.9 Å². The fraction of sp³-hybridized carbons (Fsp3) is 0.154. The number of hydrogen-bond donors (Lipinski definition) is 1. The molecule has 1 aromatic heterocycles. The molecule has 98 valence electrons. The minimum Gasteiger partial charge on any atom is -0.361 e. The number of benzene rings is 1. The zero-order valence-corrected chi connectivity index (χ0v) is 11.1. The second kappa shape index (κ2) is 5.16. The molecular weight excluding hydrogens is 264 g/mol. The van der Waals surface area contributed by atoms with Gasteiger partial charge in [-0.15, -0.1) is 6.42 Å². The Hall–Kier alpha value is -2.26. The first kappa shape index (κ1) is 13.2. The number of nitrogens with one attached hydrogen (secondary N) is 1. The third-order valence-corrected chi connectivity index (χ3v) is 3.54. The predicted octanol–water partition coefficient (Wildman–Crippen LogP) is 1.91. The van der Waals surface area contributed by atoms with E-state index in [1.807, 2.05) is 0 Å². The predicted molar refractivity (Wildman–Crippen MR) is 71.9 cm³/mol. The van der Waals surface area contributed by atoms with E-state index in [0.717, 1.165) is 0 Å². The van der Waals surface area contributed by atoms with Gasteiger partial charge in [0, 0.05) is 17.3 Å². The molecule has 0 aliphatic carbocycles. The number of sulfonamides is 1. The van der Waals surface area contributed by atoms with E-state index >= 15 is 0 Å². The van der Waals surface area contributed by atoms with Gasteiger partial charge in [-0.05, 0) is 25.1 Å². The van der Waals surface area contributed by atoms with Gasteiger partial charge in [0.15, 0.2) is 0 Å². The number of aryl methyl sites for hydroxylation is 1. The average Bonchev–Trinajstić information content (AvgIpc) is 2.73. The highest BCUT2D eigenvalue weighted by Gasteiger charge is 2.14. The Morgan fingerprint density at radius 1 is 1.42 bits per heavy atom. The van der Waals surface area contributed by atoms with Crippen LogP contribution in [-0.2, 0) is 15.8 Å². The highest BCUT2D eigenvalue weighted by Crippen LogP contribution is 2.14. The molecule has 1 N–H and O–H groups in total.